The molecule has 1 fully saturated rings. The van der Waals surface area contributed by atoms with Gasteiger partial charge in [0.2, 0.25) is 5.91 Å². The minimum atomic E-state index is -0.192. The second-order valence-electron chi connectivity index (χ2n) is 7.74. The third-order valence-electron chi connectivity index (χ3n) is 5.69. The monoisotopic (exact) mass is 454 g/mol. The minimum Gasteiger partial charge on any atom is -0.376 e. The van der Waals surface area contributed by atoms with E-state index in [4.69, 9.17) is 4.74 Å². The van der Waals surface area contributed by atoms with Gasteiger partial charge in [-0.2, -0.15) is 0 Å². The van der Waals surface area contributed by atoms with Gasteiger partial charge in [0.25, 0.3) is 5.56 Å². The van der Waals surface area contributed by atoms with Crippen LogP contribution in [0.4, 0.5) is 5.13 Å². The van der Waals surface area contributed by atoms with Crippen molar-refractivity contribution in [3.8, 4) is 0 Å². The first-order chi connectivity index (χ1) is 15.0. The van der Waals surface area contributed by atoms with E-state index in [1.807, 2.05) is 38.1 Å². The Morgan fingerprint density at radius 1 is 1.29 bits per heavy atom. The molecule has 1 aliphatic rings. The van der Waals surface area contributed by atoms with Gasteiger partial charge < -0.3 is 4.74 Å². The number of anilines is 1. The number of thiophene rings is 1. The maximum atomic E-state index is 13.4. The fraction of sp³-hybridized carbons (Fsp3) is 0.364. The maximum absolute atomic E-state index is 13.4. The molecule has 0 unspecified atom stereocenters. The molecule has 5 rings (SSSR count). The number of rotatable bonds is 5. The lowest BCUT2D eigenvalue weighted by Crippen LogP contribution is -2.41. The Morgan fingerprint density at radius 3 is 2.90 bits per heavy atom. The molecule has 1 amide bonds. The summed E-state index contributed by atoms with van der Waals surface area (Å²) in [4.78, 5) is 39.0. The van der Waals surface area contributed by atoms with E-state index in [1.165, 1.54) is 33.6 Å². The number of carbonyl (C=O) groups is 1. The third-order valence-corrected chi connectivity index (χ3v) is 7.86. The van der Waals surface area contributed by atoms with Crippen molar-refractivity contribution in [2.45, 2.75) is 39.3 Å². The summed E-state index contributed by atoms with van der Waals surface area (Å²) in [6, 6.07) is 7.83. The van der Waals surface area contributed by atoms with Crippen molar-refractivity contribution >= 4 is 54.1 Å². The Kier molecular flexibility index (Phi) is 5.33. The molecular weight excluding hydrogens is 432 g/mol. The van der Waals surface area contributed by atoms with Crippen LogP contribution in [0.5, 0.6) is 0 Å². The molecule has 0 saturated carbocycles. The van der Waals surface area contributed by atoms with Crippen LogP contribution in [0.1, 0.15) is 23.3 Å². The van der Waals surface area contributed by atoms with Gasteiger partial charge in [-0.3, -0.25) is 19.1 Å². The zero-order chi connectivity index (χ0) is 21.5. The summed E-state index contributed by atoms with van der Waals surface area (Å²) >= 11 is 2.98. The van der Waals surface area contributed by atoms with Gasteiger partial charge in [0.05, 0.1) is 34.6 Å². The van der Waals surface area contributed by atoms with E-state index in [0.717, 1.165) is 33.5 Å². The van der Waals surface area contributed by atoms with Crippen LogP contribution >= 0.6 is 22.7 Å². The van der Waals surface area contributed by atoms with Crippen molar-refractivity contribution in [1.29, 1.82) is 0 Å². The van der Waals surface area contributed by atoms with E-state index in [1.54, 1.807) is 4.90 Å². The lowest BCUT2D eigenvalue weighted by Gasteiger charge is -2.23. The molecule has 4 heterocycles. The van der Waals surface area contributed by atoms with E-state index >= 15 is 0 Å². The summed E-state index contributed by atoms with van der Waals surface area (Å²) < 4.78 is 8.21. The molecule has 0 bridgehead atoms. The molecule has 1 aromatic carbocycles. The number of fused-ring (bicyclic) bond motifs is 2. The second kappa shape index (κ2) is 8.14. The number of carbonyl (C=O) groups excluding carboxylic acids is 1. The quantitative estimate of drug-likeness (QED) is 0.457. The number of hydrogen-bond acceptors (Lipinski definition) is 7. The largest absolute Gasteiger partial charge is 0.376 e. The number of nitrogens with zero attached hydrogens (tertiary/aromatic N) is 4. The first-order valence-electron chi connectivity index (χ1n) is 10.2. The van der Waals surface area contributed by atoms with Gasteiger partial charge in [-0.05, 0) is 44.4 Å². The van der Waals surface area contributed by atoms with Crippen LogP contribution in [-0.4, -0.2) is 39.7 Å². The Hall–Kier alpha value is -2.62. The SMILES string of the molecule is Cc1sc2ncn(CC(=O)N(C[C@H]3CCCO3)c3nc4ccccc4s3)c(=O)c2c1C. The van der Waals surface area contributed by atoms with Crippen molar-refractivity contribution in [2.24, 2.45) is 0 Å². The number of ether oxygens (including phenoxy) is 1. The molecule has 3 aromatic heterocycles. The smallest absolute Gasteiger partial charge is 0.262 e. The van der Waals surface area contributed by atoms with E-state index in [-0.39, 0.29) is 24.1 Å². The van der Waals surface area contributed by atoms with Crippen molar-refractivity contribution in [1.82, 2.24) is 14.5 Å². The summed E-state index contributed by atoms with van der Waals surface area (Å²) in [5, 5.41) is 1.23. The molecule has 0 spiro atoms. The maximum Gasteiger partial charge on any atom is 0.262 e. The molecule has 4 aromatic rings. The summed E-state index contributed by atoms with van der Waals surface area (Å²) in [5.41, 5.74) is 1.61. The number of thiazole rings is 1. The number of aryl methyl sites for hydroxylation is 2. The van der Waals surface area contributed by atoms with Gasteiger partial charge in [-0.25, -0.2) is 9.97 Å². The third kappa shape index (κ3) is 3.77. The number of benzene rings is 1. The van der Waals surface area contributed by atoms with Crippen molar-refractivity contribution in [2.75, 3.05) is 18.1 Å². The van der Waals surface area contributed by atoms with Crippen molar-refractivity contribution < 1.29 is 9.53 Å². The lowest BCUT2D eigenvalue weighted by molar-refractivity contribution is -0.119. The van der Waals surface area contributed by atoms with Gasteiger partial charge in [0.1, 0.15) is 11.4 Å². The van der Waals surface area contributed by atoms with Gasteiger partial charge in [-0.1, -0.05) is 23.5 Å². The number of amides is 1. The van der Waals surface area contributed by atoms with Crippen LogP contribution in [0.3, 0.4) is 0 Å². The van der Waals surface area contributed by atoms with E-state index in [9.17, 15) is 9.59 Å². The van der Waals surface area contributed by atoms with Crippen molar-refractivity contribution in [3.63, 3.8) is 0 Å². The normalized spacial score (nSPS) is 16.4. The standard InChI is InChI=1S/C22H22N4O3S2/c1-13-14(2)30-20-19(13)21(28)25(12-23-20)11-18(27)26(10-15-6-5-9-29-15)22-24-16-7-3-4-8-17(16)31-22/h3-4,7-8,12,15H,5-6,9-11H2,1-2H3/t15-/m1/s1. The van der Waals surface area contributed by atoms with Crippen LogP contribution in [-0.2, 0) is 16.1 Å². The van der Waals surface area contributed by atoms with E-state index in [2.05, 4.69) is 9.97 Å². The highest BCUT2D eigenvalue weighted by molar-refractivity contribution is 7.22. The molecule has 0 aliphatic carbocycles. The highest BCUT2D eigenvalue weighted by atomic mass is 32.1. The van der Waals surface area contributed by atoms with Gasteiger partial charge in [0.15, 0.2) is 5.13 Å². The van der Waals surface area contributed by atoms with Gasteiger partial charge in [0, 0.05) is 11.5 Å². The van der Waals surface area contributed by atoms with Gasteiger partial charge in [-0.15, -0.1) is 11.3 Å². The molecule has 1 aliphatic heterocycles. The first kappa shape index (κ1) is 20.3. The van der Waals surface area contributed by atoms with Crippen LogP contribution in [0, 0.1) is 13.8 Å². The first-order valence-corrected chi connectivity index (χ1v) is 11.9. The predicted octanol–water partition coefficient (Wildman–Crippen LogP) is 3.90. The molecule has 9 heteroatoms. The highest BCUT2D eigenvalue weighted by Gasteiger charge is 2.27. The van der Waals surface area contributed by atoms with Crippen LogP contribution in [0.25, 0.3) is 20.4 Å². The second-order valence-corrected chi connectivity index (χ2v) is 9.96. The molecular formula is C22H22N4O3S2. The van der Waals surface area contributed by atoms with E-state index < -0.39 is 0 Å². The number of para-hydroxylation sites is 1. The zero-order valence-corrected chi connectivity index (χ0v) is 19.0. The average molecular weight is 455 g/mol. The summed E-state index contributed by atoms with van der Waals surface area (Å²) in [7, 11) is 0. The minimum absolute atomic E-state index is 0.0185. The number of aromatic nitrogens is 3. The molecule has 1 saturated heterocycles. The molecule has 0 N–H and O–H groups in total. The molecule has 1 atom stereocenters. The molecule has 0 radical (unpaired) electrons. The fourth-order valence-corrected chi connectivity index (χ4v) is 5.85. The Morgan fingerprint density at radius 2 is 2.13 bits per heavy atom. The Labute approximate surface area is 186 Å². The van der Waals surface area contributed by atoms with Crippen LogP contribution in [0.15, 0.2) is 35.4 Å². The lowest BCUT2D eigenvalue weighted by atomic mass is 10.2. The van der Waals surface area contributed by atoms with Gasteiger partial charge >= 0.3 is 0 Å². The number of hydrogen-bond donors (Lipinski definition) is 0. The summed E-state index contributed by atoms with van der Waals surface area (Å²) in [6.45, 7) is 4.96. The Bertz CT molecular complexity index is 1300. The van der Waals surface area contributed by atoms with E-state index in [0.29, 0.717) is 28.5 Å². The predicted molar refractivity (Wildman–Crippen MR) is 124 cm³/mol. The van der Waals surface area contributed by atoms with Crippen molar-refractivity contribution in [3.05, 3.63) is 51.4 Å². The van der Waals surface area contributed by atoms with Crippen LogP contribution < -0.4 is 10.5 Å². The highest BCUT2D eigenvalue weighted by Crippen LogP contribution is 2.30. The molecule has 7 nitrogen and oxygen atoms in total. The average Bonchev–Trinajstić information content (AvgIpc) is 3.48. The molecule has 31 heavy (non-hydrogen) atoms. The summed E-state index contributed by atoms with van der Waals surface area (Å²) in [5.74, 6) is -0.192. The zero-order valence-electron chi connectivity index (χ0n) is 17.3. The Balaban J connectivity index is 1.49. The topological polar surface area (TPSA) is 77.3 Å². The summed E-state index contributed by atoms with van der Waals surface area (Å²) in [6.07, 6.45) is 3.36. The molecule has 160 valence electrons. The fourth-order valence-electron chi connectivity index (χ4n) is 3.87. The van der Waals surface area contributed by atoms with Crippen LogP contribution in [0.2, 0.25) is 0 Å².